The van der Waals surface area contributed by atoms with Crippen molar-refractivity contribution >= 4 is 15.9 Å². The van der Waals surface area contributed by atoms with Gasteiger partial charge in [0.2, 0.25) is 0 Å². The Balaban J connectivity index is 2.26. The first-order chi connectivity index (χ1) is 8.94. The van der Waals surface area contributed by atoms with E-state index in [2.05, 4.69) is 17.5 Å². The molecule has 1 rings (SSSR count). The first-order valence-corrected chi connectivity index (χ1v) is 8.61. The van der Waals surface area contributed by atoms with E-state index in [4.69, 9.17) is 0 Å². The molecule has 0 heterocycles. The van der Waals surface area contributed by atoms with E-state index in [0.29, 0.717) is 12.5 Å². The van der Waals surface area contributed by atoms with Gasteiger partial charge in [-0.1, -0.05) is 19.1 Å². The molecule has 6 heteroatoms. The Hall–Kier alpha value is -1.04. The van der Waals surface area contributed by atoms with Crippen LogP contribution in [0.3, 0.4) is 0 Å². The zero-order valence-electron chi connectivity index (χ0n) is 11.8. The van der Waals surface area contributed by atoms with Crippen LogP contribution in [0.15, 0.2) is 12.2 Å². The van der Waals surface area contributed by atoms with Gasteiger partial charge in [-0.05, 0) is 25.2 Å². The second kappa shape index (κ2) is 7.53. The molecule has 19 heavy (non-hydrogen) atoms. The third-order valence-electron chi connectivity index (χ3n) is 3.44. The Labute approximate surface area is 116 Å². The molecule has 0 radical (unpaired) electrons. The average Bonchev–Trinajstić information content (AvgIpc) is 2.43. The van der Waals surface area contributed by atoms with E-state index < -0.39 is 9.84 Å². The Bertz CT molecular complexity index is 418. The van der Waals surface area contributed by atoms with Crippen LogP contribution in [0.5, 0.6) is 0 Å². The van der Waals surface area contributed by atoms with Crippen molar-refractivity contribution in [2.75, 3.05) is 31.6 Å². The highest BCUT2D eigenvalue weighted by Gasteiger charge is 2.15. The molecule has 0 aromatic carbocycles. The molecule has 5 nitrogen and oxygen atoms in total. The number of allylic oxidation sites excluding steroid dienone is 2. The molecule has 0 aromatic heterocycles. The summed E-state index contributed by atoms with van der Waals surface area (Å²) < 4.78 is 22.7. The summed E-state index contributed by atoms with van der Waals surface area (Å²) in [5.41, 5.74) is 0. The molecule has 110 valence electrons. The van der Waals surface area contributed by atoms with Gasteiger partial charge in [-0.15, -0.1) is 0 Å². The number of hydrogen-bond acceptors (Lipinski definition) is 3. The van der Waals surface area contributed by atoms with E-state index in [0.717, 1.165) is 19.3 Å². The molecule has 1 aliphatic rings. The fourth-order valence-corrected chi connectivity index (χ4v) is 2.77. The highest BCUT2D eigenvalue weighted by atomic mass is 32.2. The van der Waals surface area contributed by atoms with E-state index in [1.165, 1.54) is 4.90 Å². The highest BCUT2D eigenvalue weighted by molar-refractivity contribution is 7.91. The van der Waals surface area contributed by atoms with Crippen molar-refractivity contribution in [3.63, 3.8) is 0 Å². The Morgan fingerprint density at radius 2 is 2.16 bits per heavy atom. The van der Waals surface area contributed by atoms with Crippen molar-refractivity contribution in [2.24, 2.45) is 5.92 Å². The summed E-state index contributed by atoms with van der Waals surface area (Å²) in [6.45, 7) is 2.52. The summed E-state index contributed by atoms with van der Waals surface area (Å²) in [5.74, 6) is 0.651. The lowest BCUT2D eigenvalue weighted by atomic mass is 9.94. The number of rotatable bonds is 6. The van der Waals surface area contributed by atoms with Crippen LogP contribution < -0.4 is 5.32 Å². The van der Waals surface area contributed by atoms with Gasteiger partial charge in [-0.25, -0.2) is 13.2 Å². The maximum atomic E-state index is 11.8. The van der Waals surface area contributed by atoms with Crippen molar-refractivity contribution in [2.45, 2.75) is 26.2 Å². The molecule has 0 bridgehead atoms. The SMILES string of the molecule is CCS(=O)(=O)CCN(C)C(=O)NCC1CC=CCC1. The summed E-state index contributed by atoms with van der Waals surface area (Å²) in [6.07, 6.45) is 7.50. The lowest BCUT2D eigenvalue weighted by Gasteiger charge is -2.22. The quantitative estimate of drug-likeness (QED) is 0.752. The topological polar surface area (TPSA) is 66.5 Å². The number of amides is 2. The number of urea groups is 1. The van der Waals surface area contributed by atoms with Crippen LogP contribution in [0.2, 0.25) is 0 Å². The first-order valence-electron chi connectivity index (χ1n) is 6.79. The maximum absolute atomic E-state index is 11.8. The predicted molar refractivity (Wildman–Crippen MR) is 76.8 cm³/mol. The minimum atomic E-state index is -3.01. The summed E-state index contributed by atoms with van der Waals surface area (Å²) in [7, 11) is -1.39. The number of nitrogens with zero attached hydrogens (tertiary/aromatic N) is 1. The Morgan fingerprint density at radius 1 is 1.42 bits per heavy atom. The highest BCUT2D eigenvalue weighted by Crippen LogP contribution is 2.16. The smallest absolute Gasteiger partial charge is 0.317 e. The van der Waals surface area contributed by atoms with Crippen LogP contribution in [-0.4, -0.2) is 51.0 Å². The van der Waals surface area contributed by atoms with E-state index >= 15 is 0 Å². The number of hydrogen-bond donors (Lipinski definition) is 1. The van der Waals surface area contributed by atoms with Gasteiger partial charge in [-0.3, -0.25) is 0 Å². The van der Waals surface area contributed by atoms with Crippen molar-refractivity contribution in [3.05, 3.63) is 12.2 Å². The molecule has 0 aliphatic heterocycles. The summed E-state index contributed by atoms with van der Waals surface area (Å²) in [4.78, 5) is 13.2. The number of carbonyl (C=O) groups is 1. The zero-order valence-corrected chi connectivity index (χ0v) is 12.6. The van der Waals surface area contributed by atoms with Gasteiger partial charge >= 0.3 is 6.03 Å². The normalized spacial score (nSPS) is 19.2. The molecule has 0 saturated carbocycles. The van der Waals surface area contributed by atoms with Gasteiger partial charge in [0.15, 0.2) is 9.84 Å². The van der Waals surface area contributed by atoms with Crippen LogP contribution >= 0.6 is 0 Å². The number of nitrogens with one attached hydrogen (secondary N) is 1. The largest absolute Gasteiger partial charge is 0.338 e. The van der Waals surface area contributed by atoms with Crippen molar-refractivity contribution < 1.29 is 13.2 Å². The number of carbonyl (C=O) groups excluding carboxylic acids is 1. The summed E-state index contributed by atoms with van der Waals surface area (Å²) in [6, 6.07) is -0.194. The van der Waals surface area contributed by atoms with Crippen LogP contribution in [0, 0.1) is 5.92 Å². The minimum absolute atomic E-state index is 0.0274. The predicted octanol–water partition coefficient (Wildman–Crippen LogP) is 1.42. The van der Waals surface area contributed by atoms with Gasteiger partial charge in [0.1, 0.15) is 0 Å². The molecule has 1 N–H and O–H groups in total. The van der Waals surface area contributed by atoms with Crippen molar-refractivity contribution in [3.8, 4) is 0 Å². The molecule has 1 atom stereocenters. The molecule has 2 amide bonds. The van der Waals surface area contributed by atoms with Crippen LogP contribution in [0.25, 0.3) is 0 Å². The number of sulfone groups is 1. The lowest BCUT2D eigenvalue weighted by Crippen LogP contribution is -2.41. The maximum Gasteiger partial charge on any atom is 0.317 e. The molecule has 1 aliphatic carbocycles. The second-order valence-electron chi connectivity index (χ2n) is 4.99. The van der Waals surface area contributed by atoms with E-state index in [1.54, 1.807) is 14.0 Å². The van der Waals surface area contributed by atoms with Gasteiger partial charge < -0.3 is 10.2 Å². The minimum Gasteiger partial charge on any atom is -0.338 e. The summed E-state index contributed by atoms with van der Waals surface area (Å²) >= 11 is 0. The van der Waals surface area contributed by atoms with Gasteiger partial charge in [-0.2, -0.15) is 0 Å². The molecular formula is C13H24N2O3S. The Morgan fingerprint density at radius 3 is 2.74 bits per heavy atom. The molecule has 1 unspecified atom stereocenters. The van der Waals surface area contributed by atoms with E-state index in [1.807, 2.05) is 0 Å². The lowest BCUT2D eigenvalue weighted by molar-refractivity contribution is 0.209. The van der Waals surface area contributed by atoms with Gasteiger partial charge in [0.05, 0.1) is 5.75 Å². The second-order valence-corrected chi connectivity index (χ2v) is 7.47. The van der Waals surface area contributed by atoms with Crippen LogP contribution in [0.4, 0.5) is 4.79 Å². The van der Waals surface area contributed by atoms with E-state index in [-0.39, 0.29) is 24.1 Å². The third-order valence-corrected chi connectivity index (χ3v) is 5.13. The van der Waals surface area contributed by atoms with Crippen LogP contribution in [0.1, 0.15) is 26.2 Å². The first kappa shape index (κ1) is 16.0. The molecule has 0 saturated heterocycles. The molecule has 0 spiro atoms. The van der Waals surface area contributed by atoms with Crippen LogP contribution in [-0.2, 0) is 9.84 Å². The van der Waals surface area contributed by atoms with Crippen molar-refractivity contribution in [1.29, 1.82) is 0 Å². The van der Waals surface area contributed by atoms with Gasteiger partial charge in [0, 0.05) is 25.9 Å². The van der Waals surface area contributed by atoms with Crippen molar-refractivity contribution in [1.82, 2.24) is 10.2 Å². The third kappa shape index (κ3) is 6.09. The van der Waals surface area contributed by atoms with Gasteiger partial charge in [0.25, 0.3) is 0 Å². The zero-order chi connectivity index (χ0) is 14.3. The fraction of sp³-hybridized carbons (Fsp3) is 0.769. The Kier molecular flexibility index (Phi) is 6.34. The monoisotopic (exact) mass is 288 g/mol. The molecular weight excluding hydrogens is 264 g/mol. The summed E-state index contributed by atoms with van der Waals surface area (Å²) in [5, 5.41) is 2.86. The standard InChI is InChI=1S/C13H24N2O3S/c1-3-19(17,18)10-9-15(2)13(16)14-11-12-7-5-4-6-8-12/h4-5,12H,3,6-11H2,1-2H3,(H,14,16). The molecule has 0 fully saturated rings. The average molecular weight is 288 g/mol. The fourth-order valence-electron chi connectivity index (χ4n) is 1.93. The molecule has 0 aromatic rings. The van der Waals surface area contributed by atoms with E-state index in [9.17, 15) is 13.2 Å².